The van der Waals surface area contributed by atoms with Crippen LogP contribution in [0.25, 0.3) is 10.2 Å². The highest BCUT2D eigenvalue weighted by atomic mass is 35.5. The minimum absolute atomic E-state index is 0.308. The number of halogens is 2. The first-order valence-electron chi connectivity index (χ1n) is 4.83. The van der Waals surface area contributed by atoms with E-state index < -0.39 is 5.38 Å². The number of aromatic nitrogens is 1. The number of benzene rings is 1. The number of hydrogen-bond acceptors (Lipinski definition) is 4. The third-order valence-corrected chi connectivity index (χ3v) is 3.46. The average Bonchev–Trinajstić information content (AvgIpc) is 2.70. The predicted molar refractivity (Wildman–Crippen MR) is 71.7 cm³/mol. The molecular weight excluding hydrogens is 281 g/mol. The minimum atomic E-state index is -0.597. The van der Waals surface area contributed by atoms with Crippen molar-refractivity contribution in [1.29, 1.82) is 0 Å². The van der Waals surface area contributed by atoms with E-state index in [1.807, 2.05) is 12.1 Å². The average molecular weight is 290 g/mol. The number of carbonyl (C=O) groups excluding carboxylic acids is 1. The van der Waals surface area contributed by atoms with Crippen LogP contribution >= 0.6 is 34.5 Å². The second kappa shape index (κ2) is 5.08. The van der Waals surface area contributed by atoms with Crippen LogP contribution in [0.2, 0.25) is 5.02 Å². The predicted octanol–water partition coefficient (Wildman–Crippen LogP) is 3.02. The van der Waals surface area contributed by atoms with Crippen LogP contribution < -0.4 is 10.9 Å². The normalized spacial score (nSPS) is 12.4. The lowest BCUT2D eigenvalue weighted by molar-refractivity contribution is -0.119. The van der Waals surface area contributed by atoms with E-state index in [1.165, 1.54) is 11.3 Å². The lowest BCUT2D eigenvalue weighted by Gasteiger charge is -2.05. The maximum absolute atomic E-state index is 11.2. The van der Waals surface area contributed by atoms with Gasteiger partial charge in [-0.2, -0.15) is 0 Å². The van der Waals surface area contributed by atoms with Gasteiger partial charge in [-0.25, -0.2) is 4.98 Å². The van der Waals surface area contributed by atoms with E-state index in [-0.39, 0.29) is 5.91 Å². The summed E-state index contributed by atoms with van der Waals surface area (Å²) in [6.07, 6.45) is 0. The van der Waals surface area contributed by atoms with Crippen LogP contribution in [0.3, 0.4) is 0 Å². The van der Waals surface area contributed by atoms with E-state index in [0.29, 0.717) is 10.2 Å². The van der Waals surface area contributed by atoms with E-state index in [2.05, 4.69) is 15.8 Å². The molecule has 2 rings (SSSR count). The molecule has 0 saturated carbocycles. The first kappa shape index (κ1) is 12.4. The van der Waals surface area contributed by atoms with Crippen molar-refractivity contribution < 1.29 is 4.79 Å². The van der Waals surface area contributed by atoms with Gasteiger partial charge in [0.1, 0.15) is 10.9 Å². The molecule has 0 aliphatic rings. The first-order valence-corrected chi connectivity index (χ1v) is 6.46. The third-order valence-electron chi connectivity index (χ3n) is 2.02. The van der Waals surface area contributed by atoms with Gasteiger partial charge in [0.05, 0.1) is 9.72 Å². The molecule has 0 unspecified atom stereocenters. The Morgan fingerprint density at radius 2 is 2.29 bits per heavy atom. The maximum Gasteiger partial charge on any atom is 0.256 e. The largest absolute Gasteiger partial charge is 0.273 e. The Labute approximate surface area is 112 Å². The van der Waals surface area contributed by atoms with Crippen molar-refractivity contribution in [3.8, 4) is 0 Å². The minimum Gasteiger partial charge on any atom is -0.273 e. The SMILES string of the molecule is C[C@H](Cl)C(=O)NNc1nc2c(Cl)cccc2s1. The summed E-state index contributed by atoms with van der Waals surface area (Å²) in [5.41, 5.74) is 5.89. The van der Waals surface area contributed by atoms with E-state index in [4.69, 9.17) is 23.2 Å². The fourth-order valence-electron chi connectivity index (χ4n) is 1.18. The van der Waals surface area contributed by atoms with Gasteiger partial charge in [-0.15, -0.1) is 11.6 Å². The lowest BCUT2D eigenvalue weighted by Crippen LogP contribution is -2.34. The van der Waals surface area contributed by atoms with Gasteiger partial charge in [-0.3, -0.25) is 15.6 Å². The Morgan fingerprint density at radius 1 is 1.53 bits per heavy atom. The molecule has 2 aromatic rings. The second-order valence-corrected chi connectivity index (χ2v) is 5.43. The van der Waals surface area contributed by atoms with E-state index in [0.717, 1.165) is 10.2 Å². The number of anilines is 1. The van der Waals surface area contributed by atoms with Crippen molar-refractivity contribution in [2.24, 2.45) is 0 Å². The van der Waals surface area contributed by atoms with Crippen molar-refractivity contribution in [2.45, 2.75) is 12.3 Å². The van der Waals surface area contributed by atoms with Gasteiger partial charge >= 0.3 is 0 Å². The summed E-state index contributed by atoms with van der Waals surface area (Å²) in [6.45, 7) is 1.59. The van der Waals surface area contributed by atoms with Crippen LogP contribution in [-0.2, 0) is 4.79 Å². The highest BCUT2D eigenvalue weighted by Crippen LogP contribution is 2.30. The molecule has 0 fully saturated rings. The molecule has 0 aliphatic heterocycles. The van der Waals surface area contributed by atoms with E-state index in [9.17, 15) is 4.79 Å². The molecule has 0 saturated heterocycles. The smallest absolute Gasteiger partial charge is 0.256 e. The van der Waals surface area contributed by atoms with Crippen LogP contribution in [0.15, 0.2) is 18.2 Å². The molecule has 4 nitrogen and oxygen atoms in total. The van der Waals surface area contributed by atoms with E-state index in [1.54, 1.807) is 13.0 Å². The number of carbonyl (C=O) groups is 1. The van der Waals surface area contributed by atoms with Gasteiger partial charge in [-0.1, -0.05) is 29.0 Å². The number of hydrazine groups is 1. The van der Waals surface area contributed by atoms with Gasteiger partial charge in [0.15, 0.2) is 0 Å². The Hall–Kier alpha value is -1.04. The second-order valence-electron chi connectivity index (χ2n) is 3.34. The molecular formula is C10H9Cl2N3OS. The van der Waals surface area contributed by atoms with Gasteiger partial charge < -0.3 is 0 Å². The van der Waals surface area contributed by atoms with Crippen molar-refractivity contribution in [1.82, 2.24) is 10.4 Å². The van der Waals surface area contributed by atoms with Crippen LogP contribution in [0.5, 0.6) is 0 Å². The number of fused-ring (bicyclic) bond motifs is 1. The zero-order valence-corrected chi connectivity index (χ0v) is 11.2. The Bertz CT molecular complexity index is 555. The van der Waals surface area contributed by atoms with Crippen LogP contribution in [0.4, 0.5) is 5.13 Å². The Balaban J connectivity index is 2.15. The van der Waals surface area contributed by atoms with Gasteiger partial charge in [0.25, 0.3) is 5.91 Å². The third kappa shape index (κ3) is 2.80. The van der Waals surface area contributed by atoms with Crippen molar-refractivity contribution >= 4 is 55.8 Å². The summed E-state index contributed by atoms with van der Waals surface area (Å²) in [6, 6.07) is 5.54. The highest BCUT2D eigenvalue weighted by molar-refractivity contribution is 7.22. The number of nitrogens with one attached hydrogen (secondary N) is 2. The monoisotopic (exact) mass is 289 g/mol. The number of para-hydroxylation sites is 1. The Kier molecular flexibility index (Phi) is 3.71. The zero-order chi connectivity index (χ0) is 12.4. The molecule has 1 amide bonds. The number of hydrogen-bond donors (Lipinski definition) is 2. The van der Waals surface area contributed by atoms with Crippen molar-refractivity contribution in [2.75, 3.05) is 5.43 Å². The highest BCUT2D eigenvalue weighted by Gasteiger charge is 2.10. The van der Waals surface area contributed by atoms with Gasteiger partial charge in [-0.05, 0) is 19.1 Å². The number of nitrogens with zero attached hydrogens (tertiary/aromatic N) is 1. The molecule has 2 N–H and O–H groups in total. The topological polar surface area (TPSA) is 54.0 Å². The molecule has 90 valence electrons. The lowest BCUT2D eigenvalue weighted by atomic mass is 10.3. The molecule has 17 heavy (non-hydrogen) atoms. The zero-order valence-electron chi connectivity index (χ0n) is 8.83. The van der Waals surface area contributed by atoms with Gasteiger partial charge in [0, 0.05) is 0 Å². The standard InChI is InChI=1S/C10H9Cl2N3OS/c1-5(11)9(16)14-15-10-13-8-6(12)3-2-4-7(8)17-10/h2-5H,1H3,(H,13,15)(H,14,16)/t5-/m0/s1. The molecule has 1 aromatic carbocycles. The Morgan fingerprint density at radius 3 is 2.94 bits per heavy atom. The maximum atomic E-state index is 11.2. The van der Waals surface area contributed by atoms with Crippen LogP contribution in [0, 0.1) is 0 Å². The molecule has 7 heteroatoms. The first-order chi connectivity index (χ1) is 8.08. The number of rotatable bonds is 3. The summed E-state index contributed by atoms with van der Waals surface area (Å²) in [4.78, 5) is 15.5. The number of thiazole rings is 1. The molecule has 0 bridgehead atoms. The van der Waals surface area contributed by atoms with Crippen molar-refractivity contribution in [3.63, 3.8) is 0 Å². The summed E-state index contributed by atoms with van der Waals surface area (Å²) >= 11 is 13.0. The van der Waals surface area contributed by atoms with E-state index >= 15 is 0 Å². The molecule has 1 aromatic heterocycles. The summed E-state index contributed by atoms with van der Waals surface area (Å²) < 4.78 is 0.952. The molecule has 0 radical (unpaired) electrons. The molecule has 0 aliphatic carbocycles. The summed E-state index contributed by atoms with van der Waals surface area (Å²) in [7, 11) is 0. The number of amides is 1. The van der Waals surface area contributed by atoms with Crippen LogP contribution in [0.1, 0.15) is 6.92 Å². The molecule has 1 heterocycles. The summed E-state index contributed by atoms with van der Waals surface area (Å²) in [5.74, 6) is -0.308. The van der Waals surface area contributed by atoms with Crippen molar-refractivity contribution in [3.05, 3.63) is 23.2 Å². The fourth-order valence-corrected chi connectivity index (χ4v) is 2.36. The summed E-state index contributed by atoms with van der Waals surface area (Å²) in [5, 5.41) is 0.558. The van der Waals surface area contributed by atoms with Gasteiger partial charge in [0.2, 0.25) is 5.13 Å². The molecule has 0 spiro atoms. The fraction of sp³-hybridized carbons (Fsp3) is 0.200. The van der Waals surface area contributed by atoms with Crippen LogP contribution in [-0.4, -0.2) is 16.3 Å². The number of alkyl halides is 1. The molecule has 1 atom stereocenters. The quantitative estimate of drug-likeness (QED) is 0.675.